The molecule has 0 aliphatic rings. The van der Waals surface area contributed by atoms with Crippen LogP contribution in [0.5, 0.6) is 0 Å². The van der Waals surface area contributed by atoms with Gasteiger partial charge in [-0.05, 0) is 23.8 Å². The number of anilines is 1. The van der Waals surface area contributed by atoms with E-state index in [2.05, 4.69) is 10.2 Å². The van der Waals surface area contributed by atoms with Crippen LogP contribution >= 0.6 is 11.6 Å². The third-order valence-electron chi connectivity index (χ3n) is 3.80. The molecule has 3 aromatic rings. The van der Waals surface area contributed by atoms with Crippen molar-refractivity contribution in [3.8, 4) is 16.9 Å². The molecule has 0 amide bonds. The third kappa shape index (κ3) is 3.72. The van der Waals surface area contributed by atoms with Crippen LogP contribution in [0.1, 0.15) is 12.5 Å². The quantitative estimate of drug-likeness (QED) is 0.702. The molecule has 0 saturated heterocycles. The first-order valence-electron chi connectivity index (χ1n) is 7.77. The number of benzene rings is 1. The lowest BCUT2D eigenvalue weighted by Gasteiger charge is -2.10. The summed E-state index contributed by atoms with van der Waals surface area (Å²) in [6.45, 7) is 1.68. The van der Waals surface area contributed by atoms with Crippen molar-refractivity contribution in [1.29, 1.82) is 0 Å². The number of alkyl halides is 3. The zero-order valence-corrected chi connectivity index (χ0v) is 15.9. The molecular weight excluding hydrogens is 403 g/mol. The number of rotatable bonds is 4. The van der Waals surface area contributed by atoms with Crippen LogP contribution in [-0.4, -0.2) is 29.5 Å². The standard InChI is InChI=1S/C16H15ClF3N5OS/c1-3-27(26)15-13(9-6-10(16(18,19)20)8-11(17)7-9)14(21)25(23-15)12-4-5-24(2)22-12/h4-8H,3,21H2,1-2H3. The van der Waals surface area contributed by atoms with E-state index in [9.17, 15) is 17.4 Å². The van der Waals surface area contributed by atoms with Crippen molar-refractivity contribution in [2.24, 2.45) is 7.05 Å². The van der Waals surface area contributed by atoms with Gasteiger partial charge in [-0.3, -0.25) is 8.89 Å². The van der Waals surface area contributed by atoms with Gasteiger partial charge in [-0.25, -0.2) is 0 Å². The molecule has 27 heavy (non-hydrogen) atoms. The molecule has 11 heteroatoms. The highest BCUT2D eigenvalue weighted by molar-refractivity contribution is 7.85. The van der Waals surface area contributed by atoms with E-state index in [-0.39, 0.29) is 32.7 Å². The van der Waals surface area contributed by atoms with E-state index in [1.165, 1.54) is 15.4 Å². The fourth-order valence-corrected chi connectivity index (χ4v) is 3.70. The predicted molar refractivity (Wildman–Crippen MR) is 97.1 cm³/mol. The van der Waals surface area contributed by atoms with Gasteiger partial charge in [0.1, 0.15) is 5.82 Å². The number of hydrogen-bond acceptors (Lipinski definition) is 4. The fourth-order valence-electron chi connectivity index (χ4n) is 2.57. The van der Waals surface area contributed by atoms with Crippen molar-refractivity contribution in [3.63, 3.8) is 0 Å². The summed E-state index contributed by atoms with van der Waals surface area (Å²) in [5, 5.41) is 8.40. The molecule has 1 aromatic carbocycles. The summed E-state index contributed by atoms with van der Waals surface area (Å²) < 4.78 is 54.8. The van der Waals surface area contributed by atoms with Crippen molar-refractivity contribution in [1.82, 2.24) is 19.6 Å². The Morgan fingerprint density at radius 3 is 2.52 bits per heavy atom. The zero-order chi connectivity index (χ0) is 19.9. The van der Waals surface area contributed by atoms with Gasteiger partial charge in [0.25, 0.3) is 0 Å². The van der Waals surface area contributed by atoms with Gasteiger partial charge in [0.15, 0.2) is 10.8 Å². The Morgan fingerprint density at radius 2 is 1.96 bits per heavy atom. The van der Waals surface area contributed by atoms with Gasteiger partial charge in [0, 0.05) is 30.1 Å². The van der Waals surface area contributed by atoms with Gasteiger partial charge in [0.05, 0.1) is 21.9 Å². The van der Waals surface area contributed by atoms with E-state index < -0.39 is 22.5 Å². The Morgan fingerprint density at radius 1 is 1.26 bits per heavy atom. The van der Waals surface area contributed by atoms with E-state index >= 15 is 0 Å². The van der Waals surface area contributed by atoms with Crippen LogP contribution in [0.3, 0.4) is 0 Å². The molecule has 2 aromatic heterocycles. The van der Waals surface area contributed by atoms with Crippen LogP contribution in [0.25, 0.3) is 16.9 Å². The molecule has 0 bridgehead atoms. The van der Waals surface area contributed by atoms with E-state index in [1.807, 2.05) is 0 Å². The van der Waals surface area contributed by atoms with E-state index in [4.69, 9.17) is 17.3 Å². The van der Waals surface area contributed by atoms with Crippen LogP contribution < -0.4 is 5.73 Å². The largest absolute Gasteiger partial charge is 0.416 e. The molecule has 0 fully saturated rings. The molecule has 1 unspecified atom stereocenters. The van der Waals surface area contributed by atoms with Crippen LogP contribution in [0, 0.1) is 0 Å². The Bertz CT molecular complexity index is 1030. The molecule has 3 rings (SSSR count). The van der Waals surface area contributed by atoms with Gasteiger partial charge in [-0.2, -0.15) is 28.1 Å². The van der Waals surface area contributed by atoms with E-state index in [0.29, 0.717) is 5.82 Å². The fraction of sp³-hybridized carbons (Fsp3) is 0.250. The minimum atomic E-state index is -4.59. The molecule has 2 heterocycles. The third-order valence-corrected chi connectivity index (χ3v) is 5.26. The Balaban J connectivity index is 2.28. The molecule has 0 spiro atoms. The molecule has 144 valence electrons. The predicted octanol–water partition coefficient (Wildman–Crippen LogP) is 3.65. The molecule has 0 saturated carbocycles. The Labute approximate surface area is 160 Å². The minimum Gasteiger partial charge on any atom is -0.383 e. The maximum absolute atomic E-state index is 13.2. The second-order valence-corrected chi connectivity index (χ2v) is 7.78. The lowest BCUT2D eigenvalue weighted by molar-refractivity contribution is -0.137. The first-order valence-corrected chi connectivity index (χ1v) is 9.46. The summed E-state index contributed by atoms with van der Waals surface area (Å²) in [6.07, 6.45) is -2.93. The van der Waals surface area contributed by atoms with Crippen molar-refractivity contribution < 1.29 is 17.4 Å². The van der Waals surface area contributed by atoms with Crippen LogP contribution in [0.2, 0.25) is 5.02 Å². The highest BCUT2D eigenvalue weighted by atomic mass is 35.5. The second-order valence-electron chi connectivity index (χ2n) is 5.69. The number of hydrogen-bond donors (Lipinski definition) is 1. The summed E-state index contributed by atoms with van der Waals surface area (Å²) in [5.74, 6) is 0.604. The molecule has 0 radical (unpaired) electrons. The van der Waals surface area contributed by atoms with Crippen molar-refractivity contribution in [3.05, 3.63) is 41.0 Å². The number of nitrogens with zero attached hydrogens (tertiary/aromatic N) is 4. The Kier molecular flexibility index (Phi) is 5.04. The van der Waals surface area contributed by atoms with Gasteiger partial charge >= 0.3 is 6.18 Å². The van der Waals surface area contributed by atoms with Crippen LogP contribution in [0.15, 0.2) is 35.5 Å². The summed E-state index contributed by atoms with van der Waals surface area (Å²) >= 11 is 5.89. The van der Waals surface area contributed by atoms with Crippen LogP contribution in [0.4, 0.5) is 19.0 Å². The molecule has 6 nitrogen and oxygen atoms in total. The van der Waals surface area contributed by atoms with Gasteiger partial charge in [-0.15, -0.1) is 0 Å². The second kappa shape index (κ2) is 7.01. The Hall–Kier alpha value is -2.33. The molecule has 0 aliphatic carbocycles. The molecule has 1 atom stereocenters. The van der Waals surface area contributed by atoms with Crippen molar-refractivity contribution >= 4 is 28.2 Å². The summed E-state index contributed by atoms with van der Waals surface area (Å²) in [6, 6.07) is 4.70. The lowest BCUT2D eigenvalue weighted by atomic mass is 10.0. The normalized spacial score (nSPS) is 13.1. The summed E-state index contributed by atoms with van der Waals surface area (Å²) in [5.41, 5.74) is 5.48. The van der Waals surface area contributed by atoms with Gasteiger partial charge in [0.2, 0.25) is 0 Å². The first-order chi connectivity index (χ1) is 12.6. The average Bonchev–Trinajstić information content (AvgIpc) is 3.16. The summed E-state index contributed by atoms with van der Waals surface area (Å²) in [7, 11) is 0.132. The van der Waals surface area contributed by atoms with Crippen molar-refractivity contribution in [2.45, 2.75) is 18.1 Å². The smallest absolute Gasteiger partial charge is 0.383 e. The van der Waals surface area contributed by atoms with Crippen molar-refractivity contribution in [2.75, 3.05) is 11.5 Å². The molecule has 0 aliphatic heterocycles. The van der Waals surface area contributed by atoms with E-state index in [0.717, 1.165) is 12.1 Å². The maximum Gasteiger partial charge on any atom is 0.416 e. The van der Waals surface area contributed by atoms with Crippen LogP contribution in [-0.2, 0) is 24.0 Å². The van der Waals surface area contributed by atoms with Gasteiger partial charge < -0.3 is 5.73 Å². The molecular formula is C16H15ClF3N5OS. The van der Waals surface area contributed by atoms with E-state index in [1.54, 1.807) is 26.2 Å². The SMILES string of the molecule is CCS(=O)c1nn(-c2ccn(C)n2)c(N)c1-c1cc(Cl)cc(C(F)(F)F)c1. The first kappa shape index (κ1) is 19.4. The summed E-state index contributed by atoms with van der Waals surface area (Å²) in [4.78, 5) is 0. The number of nitrogen functional groups attached to an aromatic ring is 1. The lowest BCUT2D eigenvalue weighted by Crippen LogP contribution is -2.06. The number of aromatic nitrogens is 4. The number of aryl methyl sites for hydroxylation is 1. The molecule has 2 N–H and O–H groups in total. The highest BCUT2D eigenvalue weighted by Crippen LogP contribution is 2.39. The number of nitrogens with two attached hydrogens (primary N) is 1. The highest BCUT2D eigenvalue weighted by Gasteiger charge is 2.32. The number of halogens is 4. The topological polar surface area (TPSA) is 78.7 Å². The van der Waals surface area contributed by atoms with Gasteiger partial charge in [-0.1, -0.05) is 18.5 Å². The maximum atomic E-state index is 13.2. The minimum absolute atomic E-state index is 0.0286. The zero-order valence-electron chi connectivity index (χ0n) is 14.3. The average molecular weight is 418 g/mol. The monoisotopic (exact) mass is 417 g/mol.